The molecule has 0 bridgehead atoms. The molecule has 1 saturated heterocycles. The van der Waals surface area contributed by atoms with Crippen LogP contribution in [0.25, 0.3) is 0 Å². The van der Waals surface area contributed by atoms with Crippen LogP contribution in [-0.4, -0.2) is 53.4 Å². The van der Waals surface area contributed by atoms with E-state index in [1.807, 2.05) is 0 Å². The Morgan fingerprint density at radius 2 is 2.00 bits per heavy atom. The summed E-state index contributed by atoms with van der Waals surface area (Å²) in [5.41, 5.74) is 11.8. The van der Waals surface area contributed by atoms with Gasteiger partial charge in [-0.15, -0.1) is 0 Å². The molecule has 2 atom stereocenters. The lowest BCUT2D eigenvalue weighted by atomic mass is 10.1. The van der Waals surface area contributed by atoms with E-state index in [0.29, 0.717) is 24.7 Å². The van der Waals surface area contributed by atoms with Crippen LogP contribution in [0.5, 0.6) is 5.75 Å². The van der Waals surface area contributed by atoms with E-state index in [9.17, 15) is 14.4 Å². The molecule has 0 spiro atoms. The Hall–Kier alpha value is -3.90. The van der Waals surface area contributed by atoms with E-state index < -0.39 is 23.8 Å². The van der Waals surface area contributed by atoms with Crippen molar-refractivity contribution in [2.75, 3.05) is 26.0 Å². The van der Waals surface area contributed by atoms with E-state index in [0.717, 1.165) is 29.9 Å². The molecule has 3 heterocycles. The Morgan fingerprint density at radius 1 is 1.24 bits per heavy atom. The molecule has 1 aromatic carbocycles. The summed E-state index contributed by atoms with van der Waals surface area (Å²) in [6, 6.07) is 9.34. The number of ether oxygens (including phenoxy) is 2. The summed E-state index contributed by atoms with van der Waals surface area (Å²) in [4.78, 5) is 40.6. The number of nitrogens with two attached hydrogens (primary N) is 2. The number of methoxy groups -OCH3 is 1. The highest BCUT2D eigenvalue weighted by Crippen LogP contribution is 2.31. The molecular formula is C25H29N5O6S. The van der Waals surface area contributed by atoms with Crippen LogP contribution in [0.2, 0.25) is 0 Å². The van der Waals surface area contributed by atoms with Crippen LogP contribution in [0.15, 0.2) is 40.8 Å². The minimum Gasteiger partial charge on any atom is -0.497 e. The highest BCUT2D eigenvalue weighted by molar-refractivity contribution is 7.09. The third-order valence-corrected chi connectivity index (χ3v) is 6.90. The summed E-state index contributed by atoms with van der Waals surface area (Å²) in [5.74, 6) is -0.372. The zero-order valence-corrected chi connectivity index (χ0v) is 21.4. The first-order chi connectivity index (χ1) is 17.8. The molecule has 4 rings (SSSR count). The van der Waals surface area contributed by atoms with Gasteiger partial charge in [0.2, 0.25) is 0 Å². The number of furan rings is 1. The van der Waals surface area contributed by atoms with E-state index in [2.05, 4.69) is 9.69 Å². The molecule has 0 radical (unpaired) electrons. The number of nitrogens with one attached hydrogen (secondary N) is 1. The van der Waals surface area contributed by atoms with Gasteiger partial charge in [0.25, 0.3) is 17.7 Å². The molecule has 11 nitrogen and oxygen atoms in total. The molecular weight excluding hydrogens is 498 g/mol. The van der Waals surface area contributed by atoms with Crippen LogP contribution in [-0.2, 0) is 16.1 Å². The summed E-state index contributed by atoms with van der Waals surface area (Å²) in [6.07, 6.45) is 1.67. The van der Waals surface area contributed by atoms with Gasteiger partial charge < -0.3 is 35.6 Å². The number of nitrogens with zero attached hydrogens (tertiary/aromatic N) is 2. The number of carbonyl (C=O) groups is 3. The molecule has 3 aromatic rings. The Kier molecular flexibility index (Phi) is 8.09. The molecule has 196 valence electrons. The van der Waals surface area contributed by atoms with Crippen LogP contribution in [0, 0.1) is 6.92 Å². The third kappa shape index (κ3) is 5.92. The minimum absolute atomic E-state index is 0.00233. The monoisotopic (exact) mass is 527 g/mol. The quantitative estimate of drug-likeness (QED) is 0.362. The highest BCUT2D eigenvalue weighted by Gasteiger charge is 2.37. The van der Waals surface area contributed by atoms with E-state index in [-0.39, 0.29) is 34.7 Å². The first kappa shape index (κ1) is 26.2. The number of rotatable bonds is 10. The number of hydrogen-bond donors (Lipinski definition) is 3. The van der Waals surface area contributed by atoms with Crippen molar-refractivity contribution in [3.05, 3.63) is 64.1 Å². The molecule has 5 N–H and O–H groups in total. The molecule has 0 aliphatic carbocycles. The predicted molar refractivity (Wildman–Crippen MR) is 136 cm³/mol. The van der Waals surface area contributed by atoms with Gasteiger partial charge in [-0.25, -0.2) is 0 Å². The largest absolute Gasteiger partial charge is 0.497 e. The Morgan fingerprint density at radius 3 is 2.57 bits per heavy atom. The van der Waals surface area contributed by atoms with Gasteiger partial charge in [0, 0.05) is 19.7 Å². The maximum absolute atomic E-state index is 13.9. The summed E-state index contributed by atoms with van der Waals surface area (Å²) in [6.45, 7) is 2.73. The lowest BCUT2D eigenvalue weighted by Gasteiger charge is -2.30. The topological polar surface area (TPSA) is 163 Å². The van der Waals surface area contributed by atoms with Crippen molar-refractivity contribution in [3.63, 3.8) is 0 Å². The first-order valence-electron chi connectivity index (χ1n) is 11.7. The molecule has 1 fully saturated rings. The Labute approximate surface area is 217 Å². The summed E-state index contributed by atoms with van der Waals surface area (Å²) in [7, 11) is 1.56. The average Bonchev–Trinajstić information content (AvgIpc) is 3.64. The molecule has 0 unspecified atom stereocenters. The van der Waals surface area contributed by atoms with Crippen molar-refractivity contribution < 1.29 is 28.3 Å². The number of aryl methyl sites for hydroxylation is 1. The first-order valence-corrected chi connectivity index (χ1v) is 12.5. The van der Waals surface area contributed by atoms with Gasteiger partial charge in [-0.1, -0.05) is 12.1 Å². The standard InChI is InChI=1S/C25H29N5O6S/c1-14-5-10-18(36-14)21(24(32)28-12-17-4-3-11-35-17)30(13-15-6-8-16(34-2)9-7-15)25(33)22-19(26)20(23(27)31)29-37-22/h5-10,17,21H,3-4,11-13,26H2,1-2H3,(H2,27,31)(H,28,32)/t17-,21+/m0/s1. The number of nitrogen functional groups attached to an aromatic ring is 1. The van der Waals surface area contributed by atoms with Crippen molar-refractivity contribution in [1.82, 2.24) is 14.6 Å². The van der Waals surface area contributed by atoms with Gasteiger partial charge in [-0.2, -0.15) is 4.37 Å². The van der Waals surface area contributed by atoms with Crippen molar-refractivity contribution >= 4 is 34.9 Å². The van der Waals surface area contributed by atoms with Crippen LogP contribution in [0.4, 0.5) is 5.69 Å². The fourth-order valence-corrected chi connectivity index (χ4v) is 4.87. The van der Waals surface area contributed by atoms with Gasteiger partial charge in [0.15, 0.2) is 11.7 Å². The lowest BCUT2D eigenvalue weighted by molar-refractivity contribution is -0.127. The molecule has 2 aromatic heterocycles. The van der Waals surface area contributed by atoms with Gasteiger partial charge in [0.1, 0.15) is 22.1 Å². The average molecular weight is 528 g/mol. The summed E-state index contributed by atoms with van der Waals surface area (Å²) >= 11 is 0.751. The second kappa shape index (κ2) is 11.4. The lowest BCUT2D eigenvalue weighted by Crippen LogP contribution is -2.45. The van der Waals surface area contributed by atoms with Crippen LogP contribution >= 0.6 is 11.5 Å². The van der Waals surface area contributed by atoms with E-state index in [1.54, 1.807) is 50.4 Å². The van der Waals surface area contributed by atoms with Crippen LogP contribution < -0.4 is 21.5 Å². The Bertz CT molecular complexity index is 1260. The maximum atomic E-state index is 13.9. The summed E-state index contributed by atoms with van der Waals surface area (Å²) < 4.78 is 20.6. The van der Waals surface area contributed by atoms with Crippen LogP contribution in [0.1, 0.15) is 56.1 Å². The van der Waals surface area contributed by atoms with Gasteiger partial charge in [0.05, 0.1) is 18.9 Å². The summed E-state index contributed by atoms with van der Waals surface area (Å²) in [5, 5.41) is 2.91. The molecule has 1 aliphatic heterocycles. The van der Waals surface area contributed by atoms with E-state index >= 15 is 0 Å². The number of benzene rings is 1. The van der Waals surface area contributed by atoms with E-state index in [4.69, 9.17) is 25.4 Å². The molecule has 37 heavy (non-hydrogen) atoms. The number of hydrogen-bond acceptors (Lipinski definition) is 9. The number of anilines is 1. The smallest absolute Gasteiger partial charge is 0.270 e. The number of primary amides is 1. The third-order valence-electron chi connectivity index (χ3n) is 6.05. The fourth-order valence-electron chi connectivity index (χ4n) is 4.11. The van der Waals surface area contributed by atoms with E-state index in [1.165, 1.54) is 4.90 Å². The highest BCUT2D eigenvalue weighted by atomic mass is 32.1. The SMILES string of the molecule is COc1ccc(CN(C(=O)c2snc(C(N)=O)c2N)[C@@H](C(=O)NC[C@@H]2CCCO2)c2ccc(C)o2)cc1. The number of aromatic nitrogens is 1. The molecule has 1 aliphatic rings. The van der Waals surface area contributed by atoms with Gasteiger partial charge in [-0.3, -0.25) is 14.4 Å². The minimum atomic E-state index is -1.14. The second-order valence-electron chi connectivity index (χ2n) is 8.65. The zero-order chi connectivity index (χ0) is 26.5. The molecule has 12 heteroatoms. The Balaban J connectivity index is 1.73. The number of carbonyl (C=O) groups excluding carboxylic acids is 3. The van der Waals surface area contributed by atoms with Crippen LogP contribution in [0.3, 0.4) is 0 Å². The maximum Gasteiger partial charge on any atom is 0.270 e. The fraction of sp³-hybridized carbons (Fsp3) is 0.360. The normalized spacial score (nSPS) is 15.8. The molecule has 3 amide bonds. The van der Waals surface area contributed by atoms with Crippen molar-refractivity contribution in [1.29, 1.82) is 0 Å². The van der Waals surface area contributed by atoms with Crippen molar-refractivity contribution in [3.8, 4) is 5.75 Å². The molecule has 0 saturated carbocycles. The number of amides is 3. The predicted octanol–water partition coefficient (Wildman–Crippen LogP) is 2.41. The van der Waals surface area contributed by atoms with Gasteiger partial charge >= 0.3 is 0 Å². The second-order valence-corrected chi connectivity index (χ2v) is 9.42. The van der Waals surface area contributed by atoms with Crippen molar-refractivity contribution in [2.45, 2.75) is 38.5 Å². The zero-order valence-electron chi connectivity index (χ0n) is 20.6. The van der Waals surface area contributed by atoms with Gasteiger partial charge in [-0.05, 0) is 61.1 Å². The van der Waals surface area contributed by atoms with Crippen molar-refractivity contribution in [2.24, 2.45) is 5.73 Å².